The molecule has 0 aromatic heterocycles. The number of amides is 2. The maximum Gasteiger partial charge on any atom is 0.410 e. The largest absolute Gasteiger partial charge is 0.444 e. The average Bonchev–Trinajstić information content (AvgIpc) is 2.33. The molecule has 0 radical (unpaired) electrons. The topological polar surface area (TPSA) is 49.9 Å². The molecule has 5 heteroatoms. The maximum atomic E-state index is 12.1. The van der Waals surface area contributed by atoms with Gasteiger partial charge in [-0.1, -0.05) is 20.8 Å². The zero-order valence-corrected chi connectivity index (χ0v) is 14.4. The Balaban J connectivity index is 2.38. The molecule has 0 N–H and O–H groups in total. The Kier molecular flexibility index (Phi) is 5.65. The van der Waals surface area contributed by atoms with E-state index in [0.717, 1.165) is 6.42 Å². The van der Waals surface area contributed by atoms with Gasteiger partial charge in [-0.25, -0.2) is 4.79 Å². The fourth-order valence-electron chi connectivity index (χ4n) is 2.10. The highest BCUT2D eigenvalue weighted by Crippen LogP contribution is 2.21. The van der Waals surface area contributed by atoms with E-state index in [4.69, 9.17) is 4.74 Å². The summed E-state index contributed by atoms with van der Waals surface area (Å²) in [7, 11) is 0. The molecule has 21 heavy (non-hydrogen) atoms. The first-order valence-corrected chi connectivity index (χ1v) is 7.74. The van der Waals surface area contributed by atoms with Gasteiger partial charge in [-0.3, -0.25) is 4.79 Å². The van der Waals surface area contributed by atoms with Crippen molar-refractivity contribution in [1.29, 1.82) is 0 Å². The second-order valence-electron chi connectivity index (χ2n) is 7.91. The molecule has 0 atom stereocenters. The quantitative estimate of drug-likeness (QED) is 0.787. The Morgan fingerprint density at radius 3 is 1.81 bits per heavy atom. The van der Waals surface area contributed by atoms with Crippen molar-refractivity contribution in [3.8, 4) is 0 Å². The van der Waals surface area contributed by atoms with E-state index in [-0.39, 0.29) is 17.4 Å². The minimum atomic E-state index is -0.475. The van der Waals surface area contributed by atoms with E-state index in [9.17, 15) is 9.59 Å². The lowest BCUT2D eigenvalue weighted by Crippen LogP contribution is -2.51. The number of hydrogen-bond acceptors (Lipinski definition) is 3. The lowest BCUT2D eigenvalue weighted by molar-refractivity contribution is -0.133. The Bertz CT molecular complexity index is 372. The van der Waals surface area contributed by atoms with Crippen LogP contribution in [0.4, 0.5) is 4.79 Å². The van der Waals surface area contributed by atoms with Crippen LogP contribution in [-0.2, 0) is 9.53 Å². The van der Waals surface area contributed by atoms with Crippen molar-refractivity contribution in [2.45, 2.75) is 60.0 Å². The van der Waals surface area contributed by atoms with Gasteiger partial charge in [0, 0.05) is 32.6 Å². The van der Waals surface area contributed by atoms with Crippen LogP contribution in [0, 0.1) is 5.41 Å². The Labute approximate surface area is 128 Å². The van der Waals surface area contributed by atoms with Crippen molar-refractivity contribution >= 4 is 12.0 Å². The standard InChI is InChI=1S/C16H30N2O3/c1-15(2,3)8-7-13(19)17-9-11-18(12-10-17)14(20)21-16(4,5)6/h7-12H2,1-6H3. The highest BCUT2D eigenvalue weighted by molar-refractivity contribution is 5.76. The van der Waals surface area contributed by atoms with Gasteiger partial charge in [-0.2, -0.15) is 0 Å². The molecular formula is C16H30N2O3. The summed E-state index contributed by atoms with van der Waals surface area (Å²) in [6.07, 6.45) is 1.18. The van der Waals surface area contributed by atoms with E-state index in [1.54, 1.807) is 4.90 Å². The first-order chi connectivity index (χ1) is 9.48. The number of ether oxygens (including phenoxy) is 1. The van der Waals surface area contributed by atoms with Crippen LogP contribution in [0.1, 0.15) is 54.4 Å². The first kappa shape index (κ1) is 17.8. The molecule has 5 nitrogen and oxygen atoms in total. The molecule has 0 aromatic rings. The van der Waals surface area contributed by atoms with Crippen LogP contribution in [0.2, 0.25) is 0 Å². The predicted octanol–water partition coefficient (Wildman–Crippen LogP) is 2.89. The number of hydrogen-bond donors (Lipinski definition) is 0. The second-order valence-corrected chi connectivity index (χ2v) is 7.91. The molecule has 0 bridgehead atoms. The molecule has 1 aliphatic heterocycles. The van der Waals surface area contributed by atoms with Crippen LogP contribution < -0.4 is 0 Å². The van der Waals surface area contributed by atoms with Crippen molar-refractivity contribution in [3.63, 3.8) is 0 Å². The van der Waals surface area contributed by atoms with Crippen molar-refractivity contribution < 1.29 is 14.3 Å². The normalized spacial score (nSPS) is 16.9. The van der Waals surface area contributed by atoms with Gasteiger partial charge < -0.3 is 14.5 Å². The van der Waals surface area contributed by atoms with Crippen LogP contribution in [0.3, 0.4) is 0 Å². The van der Waals surface area contributed by atoms with Crippen molar-refractivity contribution in [2.75, 3.05) is 26.2 Å². The number of piperazine rings is 1. The van der Waals surface area contributed by atoms with Gasteiger partial charge in [-0.05, 0) is 32.6 Å². The number of carbonyl (C=O) groups is 2. The third kappa shape index (κ3) is 6.82. The van der Waals surface area contributed by atoms with Crippen molar-refractivity contribution in [1.82, 2.24) is 9.80 Å². The predicted molar refractivity (Wildman–Crippen MR) is 83.1 cm³/mol. The lowest BCUT2D eigenvalue weighted by Gasteiger charge is -2.36. The summed E-state index contributed by atoms with van der Waals surface area (Å²) in [6, 6.07) is 0. The highest BCUT2D eigenvalue weighted by Gasteiger charge is 2.27. The molecular weight excluding hydrogens is 268 g/mol. The Morgan fingerprint density at radius 1 is 0.905 bits per heavy atom. The SMILES string of the molecule is CC(C)(C)CCC(=O)N1CCN(C(=O)OC(C)(C)C)CC1. The van der Waals surface area contributed by atoms with Gasteiger partial charge in [0.2, 0.25) is 5.91 Å². The van der Waals surface area contributed by atoms with E-state index in [1.165, 1.54) is 0 Å². The Hall–Kier alpha value is -1.26. The van der Waals surface area contributed by atoms with Crippen LogP contribution >= 0.6 is 0 Å². The number of carbonyl (C=O) groups excluding carboxylic acids is 2. The highest BCUT2D eigenvalue weighted by atomic mass is 16.6. The summed E-state index contributed by atoms with van der Waals surface area (Å²) in [5, 5.41) is 0. The van der Waals surface area contributed by atoms with Crippen LogP contribution in [-0.4, -0.2) is 53.6 Å². The van der Waals surface area contributed by atoms with E-state index in [0.29, 0.717) is 32.6 Å². The zero-order valence-electron chi connectivity index (χ0n) is 14.4. The van der Waals surface area contributed by atoms with Crippen LogP contribution in [0.15, 0.2) is 0 Å². The first-order valence-electron chi connectivity index (χ1n) is 7.74. The smallest absolute Gasteiger partial charge is 0.410 e. The van der Waals surface area contributed by atoms with Crippen LogP contribution in [0.25, 0.3) is 0 Å². The third-order valence-corrected chi connectivity index (χ3v) is 3.37. The Morgan fingerprint density at radius 2 is 1.38 bits per heavy atom. The number of rotatable bonds is 2. The lowest BCUT2D eigenvalue weighted by atomic mass is 9.90. The van der Waals surface area contributed by atoms with E-state index in [2.05, 4.69) is 20.8 Å². The van der Waals surface area contributed by atoms with Gasteiger partial charge in [0.25, 0.3) is 0 Å². The van der Waals surface area contributed by atoms with Gasteiger partial charge >= 0.3 is 6.09 Å². The molecule has 0 spiro atoms. The average molecular weight is 298 g/mol. The second kappa shape index (κ2) is 6.67. The van der Waals surface area contributed by atoms with Crippen molar-refractivity contribution in [2.24, 2.45) is 5.41 Å². The fraction of sp³-hybridized carbons (Fsp3) is 0.875. The molecule has 1 rings (SSSR count). The van der Waals surface area contributed by atoms with Gasteiger partial charge in [0.1, 0.15) is 5.60 Å². The zero-order chi connectivity index (χ0) is 16.3. The molecule has 2 amide bonds. The summed E-state index contributed by atoms with van der Waals surface area (Å²) in [4.78, 5) is 27.6. The van der Waals surface area contributed by atoms with Gasteiger partial charge in [0.15, 0.2) is 0 Å². The van der Waals surface area contributed by atoms with E-state index >= 15 is 0 Å². The maximum absolute atomic E-state index is 12.1. The van der Waals surface area contributed by atoms with Crippen LogP contribution in [0.5, 0.6) is 0 Å². The molecule has 0 saturated carbocycles. The van der Waals surface area contributed by atoms with E-state index in [1.807, 2.05) is 25.7 Å². The minimum Gasteiger partial charge on any atom is -0.444 e. The molecule has 122 valence electrons. The monoisotopic (exact) mass is 298 g/mol. The summed E-state index contributed by atoms with van der Waals surface area (Å²) < 4.78 is 5.35. The third-order valence-electron chi connectivity index (χ3n) is 3.37. The molecule has 1 aliphatic rings. The summed E-state index contributed by atoms with van der Waals surface area (Å²) in [5.74, 6) is 0.189. The van der Waals surface area contributed by atoms with Gasteiger partial charge in [-0.15, -0.1) is 0 Å². The van der Waals surface area contributed by atoms with Gasteiger partial charge in [0.05, 0.1) is 0 Å². The summed E-state index contributed by atoms with van der Waals surface area (Å²) >= 11 is 0. The fourth-order valence-corrected chi connectivity index (χ4v) is 2.10. The molecule has 0 aromatic carbocycles. The molecule has 1 fully saturated rings. The number of nitrogens with zero attached hydrogens (tertiary/aromatic N) is 2. The van der Waals surface area contributed by atoms with E-state index < -0.39 is 5.60 Å². The molecule has 0 aliphatic carbocycles. The molecule has 0 unspecified atom stereocenters. The minimum absolute atomic E-state index is 0.175. The molecule has 1 saturated heterocycles. The summed E-state index contributed by atoms with van der Waals surface area (Å²) in [6.45, 7) is 14.3. The molecule has 1 heterocycles. The van der Waals surface area contributed by atoms with Crippen molar-refractivity contribution in [3.05, 3.63) is 0 Å². The summed E-state index contributed by atoms with van der Waals surface area (Å²) in [5.41, 5.74) is -0.301.